The van der Waals surface area contributed by atoms with Crippen LogP contribution < -0.4 is 4.74 Å². The molecule has 0 aliphatic heterocycles. The van der Waals surface area contributed by atoms with Gasteiger partial charge in [0.1, 0.15) is 12.4 Å². The summed E-state index contributed by atoms with van der Waals surface area (Å²) in [6.07, 6.45) is -4.83. The molecular formula is C9H5F3NO2. The Morgan fingerprint density at radius 3 is 2.53 bits per heavy atom. The summed E-state index contributed by atoms with van der Waals surface area (Å²) >= 11 is 0. The van der Waals surface area contributed by atoms with E-state index in [4.69, 9.17) is 10.4 Å². The lowest BCUT2D eigenvalue weighted by molar-refractivity contribution is -0.274. The van der Waals surface area contributed by atoms with Crippen molar-refractivity contribution in [2.24, 2.45) is 0 Å². The largest absolute Gasteiger partial charge is 0.573 e. The predicted molar refractivity (Wildman–Crippen MR) is 43.2 cm³/mol. The van der Waals surface area contributed by atoms with Crippen LogP contribution in [0.5, 0.6) is 5.75 Å². The first-order chi connectivity index (χ1) is 6.96. The first-order valence-electron chi connectivity index (χ1n) is 3.73. The molecule has 0 saturated heterocycles. The lowest BCUT2D eigenvalue weighted by Gasteiger charge is -2.11. The van der Waals surface area contributed by atoms with Crippen LogP contribution in [0.2, 0.25) is 0 Å². The highest BCUT2D eigenvalue weighted by atomic mass is 19.4. The van der Waals surface area contributed by atoms with Crippen LogP contribution >= 0.6 is 0 Å². The molecule has 0 amide bonds. The van der Waals surface area contributed by atoms with Crippen LogP contribution in [-0.2, 0) is 0 Å². The zero-order valence-corrected chi connectivity index (χ0v) is 7.25. The Labute approximate surface area is 83.3 Å². The van der Waals surface area contributed by atoms with Gasteiger partial charge in [-0.2, -0.15) is 5.26 Å². The molecule has 1 aromatic rings. The third kappa shape index (κ3) is 3.14. The van der Waals surface area contributed by atoms with E-state index in [1.54, 1.807) is 6.07 Å². The number of rotatable bonds is 2. The maximum absolute atomic E-state index is 11.9. The van der Waals surface area contributed by atoms with Crippen molar-refractivity contribution in [3.8, 4) is 11.8 Å². The van der Waals surface area contributed by atoms with Crippen LogP contribution in [0.4, 0.5) is 13.2 Å². The van der Waals surface area contributed by atoms with E-state index in [9.17, 15) is 13.2 Å². The molecule has 0 aromatic heterocycles. The van der Waals surface area contributed by atoms with Crippen molar-refractivity contribution < 1.29 is 23.0 Å². The Bertz CT molecular complexity index is 395. The number of nitrogens with zero attached hydrogens (tertiary/aromatic N) is 1. The molecule has 1 radical (unpaired) electrons. The SMILES string of the molecule is N#Cc1ccc(OC(F)(F)F)c([CH]O)c1. The topological polar surface area (TPSA) is 53.2 Å². The molecular weight excluding hydrogens is 211 g/mol. The fourth-order valence-corrected chi connectivity index (χ4v) is 0.937. The number of aliphatic hydroxyl groups excluding tert-OH is 1. The van der Waals surface area contributed by atoms with Gasteiger partial charge in [0.25, 0.3) is 0 Å². The Morgan fingerprint density at radius 1 is 1.40 bits per heavy atom. The van der Waals surface area contributed by atoms with Gasteiger partial charge in [-0.05, 0) is 18.2 Å². The Kier molecular flexibility index (Phi) is 3.17. The van der Waals surface area contributed by atoms with Gasteiger partial charge in [0, 0.05) is 5.56 Å². The quantitative estimate of drug-likeness (QED) is 0.825. The van der Waals surface area contributed by atoms with Crippen molar-refractivity contribution in [2.75, 3.05) is 0 Å². The molecule has 0 atom stereocenters. The van der Waals surface area contributed by atoms with E-state index in [1.165, 1.54) is 0 Å². The minimum Gasteiger partial charge on any atom is -0.405 e. The van der Waals surface area contributed by atoms with Crippen LogP contribution in [0, 0.1) is 17.9 Å². The fraction of sp³-hybridized carbons (Fsp3) is 0.111. The smallest absolute Gasteiger partial charge is 0.405 e. The van der Waals surface area contributed by atoms with Gasteiger partial charge in [-0.3, -0.25) is 0 Å². The average Bonchev–Trinajstić information content (AvgIpc) is 2.16. The number of alkyl halides is 3. The number of benzene rings is 1. The van der Waals surface area contributed by atoms with Crippen molar-refractivity contribution >= 4 is 0 Å². The third-order valence-electron chi connectivity index (χ3n) is 1.50. The van der Waals surface area contributed by atoms with Gasteiger partial charge in [0.2, 0.25) is 0 Å². The Balaban J connectivity index is 3.04. The molecule has 3 nitrogen and oxygen atoms in total. The Hall–Kier alpha value is -1.74. The zero-order chi connectivity index (χ0) is 11.5. The lowest BCUT2D eigenvalue weighted by Crippen LogP contribution is -2.18. The van der Waals surface area contributed by atoms with Crippen LogP contribution in [0.25, 0.3) is 0 Å². The number of aliphatic hydroxyl groups is 1. The molecule has 0 aliphatic rings. The molecule has 1 rings (SSSR count). The molecule has 15 heavy (non-hydrogen) atoms. The van der Waals surface area contributed by atoms with E-state index >= 15 is 0 Å². The van der Waals surface area contributed by atoms with Gasteiger partial charge in [0.15, 0.2) is 0 Å². The standard InChI is InChI=1S/C9H5F3NO2/c10-9(11,12)15-8-2-1-6(4-13)3-7(8)5-14/h1-3,5,14H. The molecule has 0 heterocycles. The first kappa shape index (κ1) is 11.3. The fourth-order valence-electron chi connectivity index (χ4n) is 0.937. The second kappa shape index (κ2) is 4.19. The molecule has 6 heteroatoms. The highest BCUT2D eigenvalue weighted by molar-refractivity contribution is 5.44. The number of ether oxygens (including phenoxy) is 1. The normalized spacial score (nSPS) is 10.9. The summed E-state index contributed by atoms with van der Waals surface area (Å²) in [6.45, 7) is 0.446. The minimum atomic E-state index is -4.83. The van der Waals surface area contributed by atoms with Gasteiger partial charge >= 0.3 is 6.36 Å². The number of halogens is 3. The van der Waals surface area contributed by atoms with Gasteiger partial charge in [0.05, 0.1) is 11.6 Å². The van der Waals surface area contributed by atoms with Crippen molar-refractivity contribution in [3.63, 3.8) is 0 Å². The number of hydrogen-bond donors (Lipinski definition) is 1. The molecule has 0 aliphatic carbocycles. The summed E-state index contributed by atoms with van der Waals surface area (Å²) in [5.41, 5.74) is -0.0730. The second-order valence-corrected chi connectivity index (χ2v) is 2.54. The van der Waals surface area contributed by atoms with Gasteiger partial charge in [-0.15, -0.1) is 13.2 Å². The van der Waals surface area contributed by atoms with Gasteiger partial charge in [-0.25, -0.2) is 0 Å². The van der Waals surface area contributed by atoms with E-state index in [0.29, 0.717) is 6.61 Å². The summed E-state index contributed by atoms with van der Waals surface area (Å²) in [5, 5.41) is 17.1. The van der Waals surface area contributed by atoms with Crippen LogP contribution in [0.1, 0.15) is 11.1 Å². The summed E-state index contributed by atoms with van der Waals surface area (Å²) in [7, 11) is 0. The molecule has 0 spiro atoms. The van der Waals surface area contributed by atoms with Crippen LogP contribution in [0.15, 0.2) is 18.2 Å². The van der Waals surface area contributed by atoms with Crippen LogP contribution in [-0.4, -0.2) is 11.5 Å². The summed E-state index contributed by atoms with van der Waals surface area (Å²) in [5.74, 6) is -0.552. The summed E-state index contributed by atoms with van der Waals surface area (Å²) in [6, 6.07) is 4.94. The maximum Gasteiger partial charge on any atom is 0.573 e. The first-order valence-corrected chi connectivity index (χ1v) is 3.73. The molecule has 0 unspecified atom stereocenters. The van der Waals surface area contributed by atoms with E-state index in [2.05, 4.69) is 4.74 Å². The Morgan fingerprint density at radius 2 is 2.07 bits per heavy atom. The van der Waals surface area contributed by atoms with Crippen LogP contribution in [0.3, 0.4) is 0 Å². The minimum absolute atomic E-state index is 0.129. The third-order valence-corrected chi connectivity index (χ3v) is 1.50. The van der Waals surface area contributed by atoms with Gasteiger partial charge < -0.3 is 9.84 Å². The molecule has 79 valence electrons. The van der Waals surface area contributed by atoms with Crippen molar-refractivity contribution in [1.29, 1.82) is 5.26 Å². The van der Waals surface area contributed by atoms with E-state index < -0.39 is 12.1 Å². The molecule has 0 fully saturated rings. The summed E-state index contributed by atoms with van der Waals surface area (Å²) < 4.78 is 39.2. The number of nitriles is 1. The van der Waals surface area contributed by atoms with E-state index in [0.717, 1.165) is 18.2 Å². The average molecular weight is 216 g/mol. The van der Waals surface area contributed by atoms with E-state index in [1.807, 2.05) is 0 Å². The van der Waals surface area contributed by atoms with Crippen molar-refractivity contribution in [1.82, 2.24) is 0 Å². The van der Waals surface area contributed by atoms with Gasteiger partial charge in [-0.1, -0.05) is 0 Å². The zero-order valence-electron chi connectivity index (χ0n) is 7.25. The van der Waals surface area contributed by atoms with E-state index in [-0.39, 0.29) is 11.1 Å². The second-order valence-electron chi connectivity index (χ2n) is 2.54. The number of hydrogen-bond acceptors (Lipinski definition) is 3. The highest BCUT2D eigenvalue weighted by Gasteiger charge is 2.32. The molecule has 0 saturated carbocycles. The summed E-state index contributed by atoms with van der Waals surface area (Å²) in [4.78, 5) is 0. The predicted octanol–water partition coefficient (Wildman–Crippen LogP) is 2.34. The molecule has 1 aromatic carbocycles. The van der Waals surface area contributed by atoms with Crippen molar-refractivity contribution in [3.05, 3.63) is 35.9 Å². The molecule has 1 N–H and O–H groups in total. The highest BCUT2D eigenvalue weighted by Crippen LogP contribution is 2.27. The maximum atomic E-state index is 11.9. The molecule has 0 bridgehead atoms. The lowest BCUT2D eigenvalue weighted by atomic mass is 10.1. The monoisotopic (exact) mass is 216 g/mol. The van der Waals surface area contributed by atoms with Crippen molar-refractivity contribution in [2.45, 2.75) is 6.36 Å².